The Balaban J connectivity index is 1.58. The number of hydrogen-bond donors (Lipinski definition) is 1. The summed E-state index contributed by atoms with van der Waals surface area (Å²) in [4.78, 5) is 23.0. The van der Waals surface area contributed by atoms with Crippen LogP contribution in [0.5, 0.6) is 0 Å². The third-order valence-electron chi connectivity index (χ3n) is 4.05. The molecular formula is C15H16N6OS. The highest BCUT2D eigenvalue weighted by atomic mass is 32.1. The van der Waals surface area contributed by atoms with E-state index in [0.717, 1.165) is 33.7 Å². The zero-order chi connectivity index (χ0) is 16.0. The number of anilines is 2. The summed E-state index contributed by atoms with van der Waals surface area (Å²) in [5.74, 6) is 0.789. The molecule has 0 spiro atoms. The molecule has 4 heterocycles. The summed E-state index contributed by atoms with van der Waals surface area (Å²) in [6.07, 6.45) is 5.85. The minimum Gasteiger partial charge on any atom is -0.357 e. The maximum atomic E-state index is 12.6. The smallest absolute Gasteiger partial charge is 0.249 e. The number of carbonyl (C=O) groups excluding carboxylic acids is 1. The van der Waals surface area contributed by atoms with Gasteiger partial charge < -0.3 is 10.2 Å². The second-order valence-electron chi connectivity index (χ2n) is 5.67. The standard InChI is InChI=1S/C15H16N6OS/c1-9-7-23-13-12(9)16-8-17-14(13)19-11-3-4-21(15(11)22)10-5-18-20(2)6-10/h5-8,11H,3-4H2,1-2H3,(H,16,17,19)/t11-/m1/s1. The first-order valence-electron chi connectivity index (χ1n) is 7.39. The van der Waals surface area contributed by atoms with E-state index >= 15 is 0 Å². The van der Waals surface area contributed by atoms with Crippen molar-refractivity contribution in [1.82, 2.24) is 19.7 Å². The van der Waals surface area contributed by atoms with E-state index in [0.29, 0.717) is 6.54 Å². The molecule has 1 fully saturated rings. The fraction of sp³-hybridized carbons (Fsp3) is 0.333. The minimum atomic E-state index is -0.268. The third kappa shape index (κ3) is 2.35. The molecule has 8 heteroatoms. The lowest BCUT2D eigenvalue weighted by atomic mass is 10.2. The number of nitrogens with one attached hydrogen (secondary N) is 1. The Bertz CT molecular complexity index is 885. The molecule has 0 bridgehead atoms. The van der Waals surface area contributed by atoms with E-state index in [1.807, 2.05) is 20.2 Å². The summed E-state index contributed by atoms with van der Waals surface area (Å²) in [6, 6.07) is -0.268. The Morgan fingerprint density at radius 1 is 1.39 bits per heavy atom. The lowest BCUT2D eigenvalue weighted by Gasteiger charge is -2.15. The maximum absolute atomic E-state index is 12.6. The normalized spacial score (nSPS) is 18.1. The Labute approximate surface area is 137 Å². The molecule has 0 aliphatic carbocycles. The van der Waals surface area contributed by atoms with Crippen LogP contribution in [-0.2, 0) is 11.8 Å². The van der Waals surface area contributed by atoms with Gasteiger partial charge in [0.2, 0.25) is 5.91 Å². The number of carbonyl (C=O) groups is 1. The summed E-state index contributed by atoms with van der Waals surface area (Å²) in [6.45, 7) is 2.71. The van der Waals surface area contributed by atoms with Crippen LogP contribution in [0.2, 0.25) is 0 Å². The number of aromatic nitrogens is 4. The second kappa shape index (κ2) is 5.31. The molecule has 7 nitrogen and oxygen atoms in total. The van der Waals surface area contributed by atoms with Crippen LogP contribution in [0.3, 0.4) is 0 Å². The van der Waals surface area contributed by atoms with Gasteiger partial charge in [-0.2, -0.15) is 5.10 Å². The number of amides is 1. The third-order valence-corrected chi connectivity index (χ3v) is 5.14. The lowest BCUT2D eigenvalue weighted by molar-refractivity contribution is -0.117. The van der Waals surface area contributed by atoms with E-state index in [4.69, 9.17) is 0 Å². The average Bonchev–Trinajstić information content (AvgIpc) is 3.22. The van der Waals surface area contributed by atoms with Gasteiger partial charge in [0.1, 0.15) is 18.2 Å². The van der Waals surface area contributed by atoms with Gasteiger partial charge in [-0.1, -0.05) is 0 Å². The SMILES string of the molecule is Cc1csc2c(N[C@@H]3CCN(c4cnn(C)c4)C3=O)ncnc12. The highest BCUT2D eigenvalue weighted by molar-refractivity contribution is 7.18. The van der Waals surface area contributed by atoms with E-state index in [1.54, 1.807) is 33.4 Å². The molecule has 0 saturated carbocycles. The summed E-state index contributed by atoms with van der Waals surface area (Å²) in [5, 5.41) is 9.48. The Morgan fingerprint density at radius 3 is 3.04 bits per heavy atom. The van der Waals surface area contributed by atoms with Gasteiger partial charge in [-0.15, -0.1) is 11.3 Å². The van der Waals surface area contributed by atoms with Crippen LogP contribution >= 0.6 is 11.3 Å². The number of aryl methyl sites for hydroxylation is 2. The van der Waals surface area contributed by atoms with Crippen LogP contribution in [0.15, 0.2) is 24.1 Å². The predicted octanol–water partition coefficient (Wildman–Crippen LogP) is 1.95. The molecule has 3 aromatic heterocycles. The average molecular weight is 328 g/mol. The number of hydrogen-bond acceptors (Lipinski definition) is 6. The van der Waals surface area contributed by atoms with Crippen LogP contribution in [-0.4, -0.2) is 38.2 Å². The molecule has 1 amide bonds. The molecule has 0 unspecified atom stereocenters. The largest absolute Gasteiger partial charge is 0.357 e. The van der Waals surface area contributed by atoms with Crippen molar-refractivity contribution < 1.29 is 4.79 Å². The molecule has 1 aliphatic heterocycles. The van der Waals surface area contributed by atoms with E-state index in [9.17, 15) is 4.79 Å². The van der Waals surface area contributed by atoms with Crippen LogP contribution in [0.4, 0.5) is 11.5 Å². The van der Waals surface area contributed by atoms with E-state index < -0.39 is 0 Å². The molecule has 23 heavy (non-hydrogen) atoms. The Morgan fingerprint density at radius 2 is 2.26 bits per heavy atom. The van der Waals surface area contributed by atoms with E-state index in [2.05, 4.69) is 25.8 Å². The fourth-order valence-electron chi connectivity index (χ4n) is 2.86. The molecule has 0 aromatic carbocycles. The van der Waals surface area contributed by atoms with Crippen LogP contribution in [0.1, 0.15) is 12.0 Å². The fourth-order valence-corrected chi connectivity index (χ4v) is 3.81. The molecule has 1 atom stereocenters. The van der Waals surface area contributed by atoms with Crippen molar-refractivity contribution in [1.29, 1.82) is 0 Å². The summed E-state index contributed by atoms with van der Waals surface area (Å²) in [5.41, 5.74) is 2.91. The number of nitrogens with zero attached hydrogens (tertiary/aromatic N) is 5. The monoisotopic (exact) mass is 328 g/mol. The van der Waals surface area contributed by atoms with E-state index in [-0.39, 0.29) is 11.9 Å². The van der Waals surface area contributed by atoms with Crippen LogP contribution < -0.4 is 10.2 Å². The highest BCUT2D eigenvalue weighted by Gasteiger charge is 2.33. The van der Waals surface area contributed by atoms with Gasteiger partial charge in [-0.05, 0) is 24.3 Å². The van der Waals surface area contributed by atoms with Gasteiger partial charge in [0.05, 0.1) is 22.1 Å². The highest BCUT2D eigenvalue weighted by Crippen LogP contribution is 2.30. The summed E-state index contributed by atoms with van der Waals surface area (Å²) in [7, 11) is 1.84. The lowest BCUT2D eigenvalue weighted by Crippen LogP contribution is -2.33. The molecular weight excluding hydrogens is 312 g/mol. The van der Waals surface area contributed by atoms with Crippen LogP contribution in [0.25, 0.3) is 10.2 Å². The first-order chi connectivity index (χ1) is 11.1. The summed E-state index contributed by atoms with van der Waals surface area (Å²) >= 11 is 1.60. The molecule has 4 rings (SSSR count). The van der Waals surface area contributed by atoms with E-state index in [1.165, 1.54) is 0 Å². The van der Waals surface area contributed by atoms with Crippen molar-refractivity contribution in [3.05, 3.63) is 29.7 Å². The van der Waals surface area contributed by atoms with Gasteiger partial charge in [0.15, 0.2) is 0 Å². The van der Waals surface area contributed by atoms with Gasteiger partial charge in [0.25, 0.3) is 0 Å². The molecule has 3 aromatic rings. The minimum absolute atomic E-state index is 0.0537. The molecule has 0 radical (unpaired) electrons. The first kappa shape index (κ1) is 14.1. The van der Waals surface area contributed by atoms with Gasteiger partial charge >= 0.3 is 0 Å². The Hall–Kier alpha value is -2.48. The van der Waals surface area contributed by atoms with Crippen molar-refractivity contribution in [2.75, 3.05) is 16.8 Å². The topological polar surface area (TPSA) is 75.9 Å². The maximum Gasteiger partial charge on any atom is 0.249 e. The molecule has 1 aliphatic rings. The zero-order valence-electron chi connectivity index (χ0n) is 12.9. The molecule has 118 valence electrons. The first-order valence-corrected chi connectivity index (χ1v) is 8.27. The Kier molecular flexibility index (Phi) is 3.26. The number of rotatable bonds is 3. The van der Waals surface area contributed by atoms with Crippen LogP contribution in [0, 0.1) is 6.92 Å². The molecule has 1 saturated heterocycles. The number of fused-ring (bicyclic) bond motifs is 1. The predicted molar refractivity (Wildman–Crippen MR) is 89.7 cm³/mol. The van der Waals surface area contributed by atoms with Crippen molar-refractivity contribution in [2.45, 2.75) is 19.4 Å². The van der Waals surface area contributed by atoms with Gasteiger partial charge in [-0.3, -0.25) is 9.48 Å². The molecule has 1 N–H and O–H groups in total. The quantitative estimate of drug-likeness (QED) is 0.795. The number of thiophene rings is 1. The zero-order valence-corrected chi connectivity index (χ0v) is 13.7. The van der Waals surface area contributed by atoms with Gasteiger partial charge in [0, 0.05) is 19.8 Å². The van der Waals surface area contributed by atoms with Gasteiger partial charge in [-0.25, -0.2) is 9.97 Å². The van der Waals surface area contributed by atoms with Crippen molar-refractivity contribution in [3.63, 3.8) is 0 Å². The second-order valence-corrected chi connectivity index (χ2v) is 6.55. The van der Waals surface area contributed by atoms with Crippen molar-refractivity contribution in [2.24, 2.45) is 7.05 Å². The van der Waals surface area contributed by atoms with Crippen molar-refractivity contribution >= 4 is 39.0 Å². The summed E-state index contributed by atoms with van der Waals surface area (Å²) < 4.78 is 2.70. The van der Waals surface area contributed by atoms with Crippen molar-refractivity contribution in [3.8, 4) is 0 Å².